The van der Waals surface area contributed by atoms with E-state index in [9.17, 15) is 14.9 Å². The zero-order valence-electron chi connectivity index (χ0n) is 16.6. The summed E-state index contributed by atoms with van der Waals surface area (Å²) < 4.78 is 10.4. The van der Waals surface area contributed by atoms with Crippen LogP contribution in [0.3, 0.4) is 0 Å². The zero-order valence-corrected chi connectivity index (χ0v) is 16.6. The number of rotatable bonds is 6. The van der Waals surface area contributed by atoms with E-state index in [0.29, 0.717) is 39.5 Å². The summed E-state index contributed by atoms with van der Waals surface area (Å²) in [6.07, 6.45) is 0. The van der Waals surface area contributed by atoms with Gasteiger partial charge in [-0.05, 0) is 42.5 Å². The molecule has 0 saturated heterocycles. The van der Waals surface area contributed by atoms with E-state index in [1.54, 1.807) is 48.5 Å². The van der Waals surface area contributed by atoms with Crippen LogP contribution in [-0.4, -0.2) is 40.0 Å². The molecule has 0 radical (unpaired) electrons. The van der Waals surface area contributed by atoms with Crippen LogP contribution in [0.4, 0.5) is 11.4 Å². The van der Waals surface area contributed by atoms with E-state index >= 15 is 0 Å². The molecular weight excluding hydrogens is 402 g/mol. The summed E-state index contributed by atoms with van der Waals surface area (Å²) in [5, 5.41) is 22.5. The Labute approximate surface area is 176 Å². The quantitative estimate of drug-likeness (QED) is 0.374. The number of nitrogens with one attached hydrogen (secondary N) is 1. The number of non-ortho nitro benzene ring substituents is 1. The number of nitro benzene ring substituents is 1. The lowest BCUT2D eigenvalue weighted by Gasteiger charge is -2.10. The van der Waals surface area contributed by atoms with Crippen LogP contribution in [0.2, 0.25) is 0 Å². The molecular formula is C21H17N5O5. The van der Waals surface area contributed by atoms with Gasteiger partial charge in [0.25, 0.3) is 11.6 Å². The van der Waals surface area contributed by atoms with Gasteiger partial charge in [-0.1, -0.05) is 6.07 Å². The number of hydrogen-bond donors (Lipinski definition) is 1. The summed E-state index contributed by atoms with van der Waals surface area (Å²) in [6.45, 7) is 0. The minimum absolute atomic E-state index is 0.0540. The van der Waals surface area contributed by atoms with E-state index < -0.39 is 4.92 Å². The summed E-state index contributed by atoms with van der Waals surface area (Å²) in [7, 11) is 3.02. The predicted octanol–water partition coefficient (Wildman–Crippen LogP) is 3.60. The number of aromatic nitrogens is 3. The van der Waals surface area contributed by atoms with Gasteiger partial charge in [0.2, 0.25) is 0 Å². The highest BCUT2D eigenvalue weighted by molar-refractivity contribution is 6.05. The lowest BCUT2D eigenvalue weighted by Crippen LogP contribution is -2.12. The smallest absolute Gasteiger partial charge is 0.271 e. The summed E-state index contributed by atoms with van der Waals surface area (Å²) >= 11 is 0. The van der Waals surface area contributed by atoms with Crippen LogP contribution in [0.15, 0.2) is 60.7 Å². The Morgan fingerprint density at radius 2 is 1.74 bits per heavy atom. The molecule has 31 heavy (non-hydrogen) atoms. The molecule has 0 unspecified atom stereocenters. The number of ether oxygens (including phenoxy) is 2. The summed E-state index contributed by atoms with van der Waals surface area (Å²) in [4.78, 5) is 24.5. The highest BCUT2D eigenvalue weighted by atomic mass is 16.6. The molecule has 10 heteroatoms. The Hall–Kier alpha value is -4.47. The third-order valence-corrected chi connectivity index (χ3v) is 4.56. The lowest BCUT2D eigenvalue weighted by molar-refractivity contribution is -0.384. The largest absolute Gasteiger partial charge is 0.493 e. The first kappa shape index (κ1) is 19.8. The SMILES string of the molecule is COc1ccc(C(=O)Nc2ccc3nn(-c4cccc([N+](=O)[O-])c4)nc3c2)cc1OC. The number of nitro groups is 1. The van der Waals surface area contributed by atoms with Gasteiger partial charge in [0.1, 0.15) is 11.0 Å². The third kappa shape index (κ3) is 3.99. The van der Waals surface area contributed by atoms with Crippen molar-refractivity contribution in [2.75, 3.05) is 19.5 Å². The van der Waals surface area contributed by atoms with Crippen LogP contribution < -0.4 is 14.8 Å². The van der Waals surface area contributed by atoms with Crippen molar-refractivity contribution < 1.29 is 19.2 Å². The minimum atomic E-state index is -0.478. The van der Waals surface area contributed by atoms with Gasteiger partial charge in [0.05, 0.1) is 24.8 Å². The Morgan fingerprint density at radius 1 is 0.968 bits per heavy atom. The molecule has 1 heterocycles. The molecule has 0 aliphatic rings. The standard InChI is InChI=1S/C21H17N5O5/c1-30-19-9-6-13(10-20(19)31-2)21(27)22-14-7-8-17-18(11-14)24-25(23-17)15-4-3-5-16(12-15)26(28)29/h3-12H,1-2H3,(H,22,27). The maximum absolute atomic E-state index is 12.6. The second kappa shape index (κ2) is 8.11. The summed E-state index contributed by atoms with van der Waals surface area (Å²) in [5.74, 6) is 0.648. The molecule has 0 bridgehead atoms. The molecule has 0 atom stereocenters. The molecule has 3 aromatic carbocycles. The topological polar surface area (TPSA) is 121 Å². The van der Waals surface area contributed by atoms with Gasteiger partial charge in [0.15, 0.2) is 11.5 Å². The summed E-state index contributed by atoms with van der Waals surface area (Å²) in [6, 6.07) is 16.0. The van der Waals surface area contributed by atoms with Crippen molar-refractivity contribution >= 4 is 28.3 Å². The van der Waals surface area contributed by atoms with Crippen LogP contribution in [0.1, 0.15) is 10.4 Å². The van der Waals surface area contributed by atoms with Crippen molar-refractivity contribution in [2.24, 2.45) is 0 Å². The number of carbonyl (C=O) groups is 1. The van der Waals surface area contributed by atoms with E-state index in [2.05, 4.69) is 15.5 Å². The van der Waals surface area contributed by atoms with E-state index in [1.165, 1.54) is 31.1 Å². The normalized spacial score (nSPS) is 10.6. The fraction of sp³-hybridized carbons (Fsp3) is 0.0952. The molecule has 0 saturated carbocycles. The third-order valence-electron chi connectivity index (χ3n) is 4.56. The molecule has 4 rings (SSSR count). The van der Waals surface area contributed by atoms with Gasteiger partial charge in [0, 0.05) is 23.4 Å². The monoisotopic (exact) mass is 419 g/mol. The van der Waals surface area contributed by atoms with Gasteiger partial charge in [-0.3, -0.25) is 14.9 Å². The van der Waals surface area contributed by atoms with Gasteiger partial charge >= 0.3 is 0 Å². The second-order valence-electron chi connectivity index (χ2n) is 6.49. The van der Waals surface area contributed by atoms with Crippen molar-refractivity contribution in [1.82, 2.24) is 15.0 Å². The molecule has 1 amide bonds. The van der Waals surface area contributed by atoms with Gasteiger partial charge in [-0.2, -0.15) is 4.80 Å². The number of fused-ring (bicyclic) bond motifs is 1. The number of hydrogen-bond acceptors (Lipinski definition) is 7. The van der Waals surface area contributed by atoms with Crippen molar-refractivity contribution in [3.05, 3.63) is 76.3 Å². The Morgan fingerprint density at radius 3 is 2.48 bits per heavy atom. The predicted molar refractivity (Wildman–Crippen MR) is 113 cm³/mol. The van der Waals surface area contributed by atoms with E-state index in [0.717, 1.165) is 0 Å². The van der Waals surface area contributed by atoms with Gasteiger partial charge in [-0.25, -0.2) is 0 Å². The average molecular weight is 419 g/mol. The molecule has 4 aromatic rings. The number of nitrogens with zero attached hydrogens (tertiary/aromatic N) is 4. The highest BCUT2D eigenvalue weighted by Gasteiger charge is 2.13. The summed E-state index contributed by atoms with van der Waals surface area (Å²) in [5.41, 5.74) is 2.44. The van der Waals surface area contributed by atoms with E-state index in [-0.39, 0.29) is 11.6 Å². The minimum Gasteiger partial charge on any atom is -0.493 e. The van der Waals surface area contributed by atoms with E-state index in [1.807, 2.05) is 0 Å². The second-order valence-corrected chi connectivity index (χ2v) is 6.49. The van der Waals surface area contributed by atoms with Crippen molar-refractivity contribution in [2.45, 2.75) is 0 Å². The zero-order chi connectivity index (χ0) is 22.0. The fourth-order valence-corrected chi connectivity index (χ4v) is 3.02. The number of carbonyl (C=O) groups excluding carboxylic acids is 1. The fourth-order valence-electron chi connectivity index (χ4n) is 3.02. The number of amides is 1. The van der Waals surface area contributed by atoms with Crippen LogP contribution in [0.25, 0.3) is 16.7 Å². The molecule has 10 nitrogen and oxygen atoms in total. The van der Waals surface area contributed by atoms with Crippen molar-refractivity contribution in [3.8, 4) is 17.2 Å². The van der Waals surface area contributed by atoms with Gasteiger partial charge in [-0.15, -0.1) is 10.2 Å². The van der Waals surface area contributed by atoms with Crippen LogP contribution in [0.5, 0.6) is 11.5 Å². The van der Waals surface area contributed by atoms with Crippen LogP contribution in [-0.2, 0) is 0 Å². The maximum Gasteiger partial charge on any atom is 0.271 e. The van der Waals surface area contributed by atoms with Gasteiger partial charge < -0.3 is 14.8 Å². The number of methoxy groups -OCH3 is 2. The van der Waals surface area contributed by atoms with Crippen molar-refractivity contribution in [3.63, 3.8) is 0 Å². The molecule has 156 valence electrons. The first-order valence-electron chi connectivity index (χ1n) is 9.14. The van der Waals surface area contributed by atoms with E-state index in [4.69, 9.17) is 9.47 Å². The average Bonchev–Trinajstić information content (AvgIpc) is 3.22. The molecule has 0 fully saturated rings. The first-order chi connectivity index (χ1) is 15.0. The molecule has 0 aliphatic heterocycles. The molecule has 1 aromatic heterocycles. The number of benzene rings is 3. The Balaban J connectivity index is 1.59. The van der Waals surface area contributed by atoms with Crippen LogP contribution in [0, 0.1) is 10.1 Å². The molecule has 0 aliphatic carbocycles. The van der Waals surface area contributed by atoms with Crippen LogP contribution >= 0.6 is 0 Å². The Bertz CT molecular complexity index is 1300. The molecule has 0 spiro atoms. The number of anilines is 1. The highest BCUT2D eigenvalue weighted by Crippen LogP contribution is 2.28. The maximum atomic E-state index is 12.6. The first-order valence-corrected chi connectivity index (χ1v) is 9.14. The van der Waals surface area contributed by atoms with Crippen molar-refractivity contribution in [1.29, 1.82) is 0 Å². The lowest BCUT2D eigenvalue weighted by atomic mass is 10.1. The molecule has 1 N–H and O–H groups in total. The Kier molecular flexibility index (Phi) is 5.19.